The van der Waals surface area contributed by atoms with E-state index in [1.807, 2.05) is 6.92 Å². The normalized spacial score (nSPS) is 12.8. The van der Waals surface area contributed by atoms with Crippen molar-refractivity contribution in [3.05, 3.63) is 12.1 Å². The molecule has 0 aliphatic heterocycles. The Morgan fingerprint density at radius 2 is 1.77 bits per heavy atom. The molecule has 0 aliphatic rings. The molecule has 0 saturated heterocycles. The topological polar surface area (TPSA) is 85.2 Å². The second kappa shape index (κ2) is 7.35. The van der Waals surface area contributed by atoms with E-state index < -0.39 is 17.7 Å². The number of carbonyl (C=O) groups excluding carboxylic acids is 1. The van der Waals surface area contributed by atoms with E-state index in [4.69, 9.17) is 14.2 Å². The minimum absolute atomic E-state index is 0.0536. The first-order chi connectivity index (χ1) is 10.2. The van der Waals surface area contributed by atoms with Gasteiger partial charge in [0.2, 0.25) is 5.75 Å². The van der Waals surface area contributed by atoms with Gasteiger partial charge in [-0.1, -0.05) is 6.92 Å². The van der Waals surface area contributed by atoms with Crippen molar-refractivity contribution in [3.63, 3.8) is 0 Å². The highest BCUT2D eigenvalue weighted by Gasteiger charge is 2.28. The third kappa shape index (κ3) is 4.53. The summed E-state index contributed by atoms with van der Waals surface area (Å²) in [5.41, 5.74) is -0.649. The molecule has 0 saturated carbocycles. The summed E-state index contributed by atoms with van der Waals surface area (Å²) in [5.74, 6) is -1.16. The molecular formula is C16H24O6. The van der Waals surface area contributed by atoms with Crippen LogP contribution in [-0.2, 0) is 9.53 Å². The lowest BCUT2D eigenvalue weighted by atomic mass is 9.91. The molecule has 0 fully saturated rings. The fourth-order valence-electron chi connectivity index (χ4n) is 1.58. The van der Waals surface area contributed by atoms with Gasteiger partial charge in [0.1, 0.15) is 5.75 Å². The van der Waals surface area contributed by atoms with Crippen LogP contribution in [0.15, 0.2) is 12.1 Å². The number of carbonyl (C=O) groups is 1. The fourth-order valence-corrected chi connectivity index (χ4v) is 1.58. The minimum Gasteiger partial charge on any atom is -0.504 e. The Bertz CT molecular complexity index is 500. The predicted octanol–water partition coefficient (Wildman–Crippen LogP) is 3.20. The molecule has 1 aromatic carbocycles. The number of aromatic hydroxyl groups is 2. The Morgan fingerprint density at radius 3 is 2.23 bits per heavy atom. The molecule has 0 aromatic heterocycles. The summed E-state index contributed by atoms with van der Waals surface area (Å²) in [7, 11) is 0. The van der Waals surface area contributed by atoms with Crippen molar-refractivity contribution in [3.8, 4) is 23.0 Å². The lowest BCUT2D eigenvalue weighted by molar-refractivity contribution is -0.144. The molecule has 0 bridgehead atoms. The number of benzene rings is 1. The molecule has 1 rings (SSSR count). The van der Waals surface area contributed by atoms with E-state index in [9.17, 15) is 15.0 Å². The van der Waals surface area contributed by atoms with Crippen LogP contribution in [-0.4, -0.2) is 29.1 Å². The highest BCUT2D eigenvalue weighted by Crippen LogP contribution is 2.40. The molecule has 2 N–H and O–H groups in total. The number of phenolic OH excluding ortho intramolecular Hbond substituents is 2. The Balaban J connectivity index is 2.92. The fraction of sp³-hybridized carbons (Fsp3) is 0.562. The molecule has 6 heteroatoms. The van der Waals surface area contributed by atoms with Gasteiger partial charge < -0.3 is 24.4 Å². The predicted molar refractivity (Wildman–Crippen MR) is 81.2 cm³/mol. The number of rotatable bonds is 7. The molecular weight excluding hydrogens is 288 g/mol. The SMILES string of the molecule is CCOC(C)Oc1c(O)cc(OC(=O)C(C)(C)CC)cc1O. The summed E-state index contributed by atoms with van der Waals surface area (Å²) < 4.78 is 15.7. The first kappa shape index (κ1) is 18.1. The van der Waals surface area contributed by atoms with Crippen molar-refractivity contribution in [2.24, 2.45) is 5.41 Å². The Labute approximate surface area is 130 Å². The summed E-state index contributed by atoms with van der Waals surface area (Å²) in [6.45, 7) is 9.27. The first-order valence-electron chi connectivity index (χ1n) is 7.27. The number of esters is 1. The van der Waals surface area contributed by atoms with Gasteiger partial charge in [-0.15, -0.1) is 0 Å². The number of phenols is 2. The van der Waals surface area contributed by atoms with Crippen LogP contribution in [0.5, 0.6) is 23.0 Å². The van der Waals surface area contributed by atoms with E-state index >= 15 is 0 Å². The number of hydrogen-bond acceptors (Lipinski definition) is 6. The van der Waals surface area contributed by atoms with Crippen LogP contribution in [0.4, 0.5) is 0 Å². The van der Waals surface area contributed by atoms with Gasteiger partial charge in [-0.05, 0) is 34.1 Å². The standard InChI is InChI=1S/C16H24O6/c1-6-16(4,5)15(19)22-11-8-12(17)14(13(18)9-11)21-10(3)20-7-2/h8-10,17-18H,6-7H2,1-5H3. The van der Waals surface area contributed by atoms with E-state index in [-0.39, 0.29) is 23.0 Å². The van der Waals surface area contributed by atoms with Gasteiger partial charge in [-0.2, -0.15) is 0 Å². The van der Waals surface area contributed by atoms with Crippen LogP contribution in [0, 0.1) is 5.41 Å². The Kier molecular flexibility index (Phi) is 6.05. The van der Waals surface area contributed by atoms with Gasteiger partial charge in [0.25, 0.3) is 0 Å². The van der Waals surface area contributed by atoms with Crippen LogP contribution < -0.4 is 9.47 Å². The van der Waals surface area contributed by atoms with Gasteiger partial charge in [0.05, 0.1) is 5.41 Å². The largest absolute Gasteiger partial charge is 0.504 e. The zero-order valence-corrected chi connectivity index (χ0v) is 13.7. The van der Waals surface area contributed by atoms with Crippen molar-refractivity contribution >= 4 is 5.97 Å². The second-order valence-corrected chi connectivity index (χ2v) is 5.56. The molecule has 124 valence electrons. The van der Waals surface area contributed by atoms with Crippen molar-refractivity contribution in [1.29, 1.82) is 0 Å². The molecule has 0 heterocycles. The molecule has 6 nitrogen and oxygen atoms in total. The van der Waals surface area contributed by atoms with Crippen LogP contribution in [0.1, 0.15) is 41.0 Å². The number of hydrogen-bond donors (Lipinski definition) is 2. The highest BCUT2D eigenvalue weighted by molar-refractivity contribution is 5.78. The van der Waals surface area contributed by atoms with Crippen molar-refractivity contribution in [2.45, 2.75) is 47.3 Å². The van der Waals surface area contributed by atoms with Gasteiger partial charge in [0, 0.05) is 18.7 Å². The van der Waals surface area contributed by atoms with E-state index in [0.29, 0.717) is 13.0 Å². The highest BCUT2D eigenvalue weighted by atomic mass is 16.7. The summed E-state index contributed by atoms with van der Waals surface area (Å²) in [6, 6.07) is 2.44. The van der Waals surface area contributed by atoms with Crippen LogP contribution >= 0.6 is 0 Å². The molecule has 1 unspecified atom stereocenters. The van der Waals surface area contributed by atoms with E-state index in [2.05, 4.69) is 0 Å². The summed E-state index contributed by atoms with van der Waals surface area (Å²) in [4.78, 5) is 12.0. The summed E-state index contributed by atoms with van der Waals surface area (Å²) in [6.07, 6.45) is -0.0223. The monoisotopic (exact) mass is 312 g/mol. The molecule has 0 amide bonds. The molecule has 0 aliphatic carbocycles. The maximum absolute atomic E-state index is 12.0. The third-order valence-corrected chi connectivity index (χ3v) is 3.36. The second-order valence-electron chi connectivity index (χ2n) is 5.56. The minimum atomic E-state index is -0.649. The zero-order valence-electron chi connectivity index (χ0n) is 13.7. The molecule has 0 spiro atoms. The van der Waals surface area contributed by atoms with Gasteiger partial charge in [0.15, 0.2) is 17.8 Å². The third-order valence-electron chi connectivity index (χ3n) is 3.36. The van der Waals surface area contributed by atoms with Gasteiger partial charge in [-0.3, -0.25) is 4.79 Å². The maximum Gasteiger partial charge on any atom is 0.316 e. The molecule has 22 heavy (non-hydrogen) atoms. The molecule has 0 radical (unpaired) electrons. The maximum atomic E-state index is 12.0. The van der Waals surface area contributed by atoms with E-state index in [0.717, 1.165) is 0 Å². The summed E-state index contributed by atoms with van der Waals surface area (Å²) >= 11 is 0. The first-order valence-corrected chi connectivity index (χ1v) is 7.27. The smallest absolute Gasteiger partial charge is 0.316 e. The van der Waals surface area contributed by atoms with Crippen molar-refractivity contribution in [2.75, 3.05) is 6.61 Å². The van der Waals surface area contributed by atoms with E-state index in [1.165, 1.54) is 12.1 Å². The quantitative estimate of drug-likeness (QED) is 0.457. The lowest BCUT2D eigenvalue weighted by Gasteiger charge is -2.21. The van der Waals surface area contributed by atoms with Gasteiger partial charge >= 0.3 is 5.97 Å². The lowest BCUT2D eigenvalue weighted by Crippen LogP contribution is -2.28. The van der Waals surface area contributed by atoms with Crippen molar-refractivity contribution < 1.29 is 29.2 Å². The Hall–Kier alpha value is -1.95. The average Bonchev–Trinajstić information content (AvgIpc) is 2.43. The van der Waals surface area contributed by atoms with E-state index in [1.54, 1.807) is 27.7 Å². The molecule has 1 atom stereocenters. The van der Waals surface area contributed by atoms with Crippen molar-refractivity contribution in [1.82, 2.24) is 0 Å². The Morgan fingerprint density at radius 1 is 1.23 bits per heavy atom. The average molecular weight is 312 g/mol. The number of ether oxygens (including phenoxy) is 3. The van der Waals surface area contributed by atoms with Crippen LogP contribution in [0.2, 0.25) is 0 Å². The van der Waals surface area contributed by atoms with Crippen LogP contribution in [0.25, 0.3) is 0 Å². The summed E-state index contributed by atoms with van der Waals surface area (Å²) in [5, 5.41) is 19.9. The van der Waals surface area contributed by atoms with Gasteiger partial charge in [-0.25, -0.2) is 0 Å². The van der Waals surface area contributed by atoms with Crippen LogP contribution in [0.3, 0.4) is 0 Å². The zero-order chi connectivity index (χ0) is 16.9. The molecule has 1 aromatic rings.